The van der Waals surface area contributed by atoms with Gasteiger partial charge in [0.1, 0.15) is 0 Å². The maximum absolute atomic E-state index is 12.3. The van der Waals surface area contributed by atoms with Gasteiger partial charge >= 0.3 is 0 Å². The van der Waals surface area contributed by atoms with Crippen LogP contribution in [0.5, 0.6) is 0 Å². The molecule has 1 saturated carbocycles. The van der Waals surface area contributed by atoms with Crippen molar-refractivity contribution in [2.45, 2.75) is 44.1 Å². The number of carbonyl (C=O) groups excluding carboxylic acids is 1. The second kappa shape index (κ2) is 6.97. The Morgan fingerprint density at radius 3 is 2.52 bits per heavy atom. The average Bonchev–Trinajstić information content (AvgIpc) is 2.89. The highest BCUT2D eigenvalue weighted by molar-refractivity contribution is 9.09. The van der Waals surface area contributed by atoms with E-state index in [1.807, 2.05) is 0 Å². The summed E-state index contributed by atoms with van der Waals surface area (Å²) in [4.78, 5) is 17.1. The van der Waals surface area contributed by atoms with Crippen LogP contribution < -0.4 is 0 Å². The summed E-state index contributed by atoms with van der Waals surface area (Å²) in [6.07, 6.45) is 7.18. The SMILES string of the molecule is O=C1CC(CBr)CN1CC1(N2CCOCC2)CCCCC1. The quantitative estimate of drug-likeness (QED) is 0.722. The fourth-order valence-corrected chi connectivity index (χ4v) is 4.72. The Bertz CT molecular complexity index is 365. The van der Waals surface area contributed by atoms with Crippen LogP contribution in [0.1, 0.15) is 38.5 Å². The van der Waals surface area contributed by atoms with Gasteiger partial charge in [-0.1, -0.05) is 35.2 Å². The zero-order valence-electron chi connectivity index (χ0n) is 12.9. The van der Waals surface area contributed by atoms with Gasteiger partial charge in [-0.05, 0) is 18.8 Å². The minimum atomic E-state index is 0.221. The van der Waals surface area contributed by atoms with E-state index < -0.39 is 0 Å². The molecule has 2 saturated heterocycles. The lowest BCUT2D eigenvalue weighted by Gasteiger charge is -2.49. The first-order valence-corrected chi connectivity index (χ1v) is 9.52. The number of amides is 1. The Kier molecular flexibility index (Phi) is 5.23. The van der Waals surface area contributed by atoms with E-state index in [2.05, 4.69) is 25.7 Å². The van der Waals surface area contributed by atoms with Gasteiger partial charge in [0, 0.05) is 43.5 Å². The molecule has 2 heterocycles. The fourth-order valence-electron chi connectivity index (χ4n) is 4.29. The second-order valence-electron chi connectivity index (χ2n) is 6.88. The van der Waals surface area contributed by atoms with E-state index >= 15 is 0 Å². The molecule has 3 aliphatic rings. The van der Waals surface area contributed by atoms with Gasteiger partial charge in [-0.25, -0.2) is 0 Å². The third-order valence-corrected chi connectivity index (χ3v) is 6.38. The second-order valence-corrected chi connectivity index (χ2v) is 7.53. The molecular weight excluding hydrogens is 332 g/mol. The standard InChI is InChI=1S/C16H27BrN2O2/c17-11-14-10-15(20)18(12-14)13-16(4-2-1-3-5-16)19-6-8-21-9-7-19/h14H,1-13H2. The van der Waals surface area contributed by atoms with Crippen LogP contribution in [0.3, 0.4) is 0 Å². The van der Waals surface area contributed by atoms with Crippen molar-refractivity contribution in [2.75, 3.05) is 44.7 Å². The predicted octanol–water partition coefficient (Wildman–Crippen LogP) is 2.26. The largest absolute Gasteiger partial charge is 0.379 e. The van der Waals surface area contributed by atoms with Gasteiger partial charge < -0.3 is 9.64 Å². The van der Waals surface area contributed by atoms with Crippen LogP contribution in [0.2, 0.25) is 0 Å². The first-order valence-electron chi connectivity index (χ1n) is 8.40. The first kappa shape index (κ1) is 15.8. The minimum absolute atomic E-state index is 0.221. The van der Waals surface area contributed by atoms with Crippen LogP contribution in [0.4, 0.5) is 0 Å². The molecule has 0 aromatic rings. The number of hydrogen-bond donors (Lipinski definition) is 0. The summed E-state index contributed by atoms with van der Waals surface area (Å²) in [5.74, 6) is 0.862. The molecule has 120 valence electrons. The van der Waals surface area contributed by atoms with Gasteiger partial charge in [-0.2, -0.15) is 0 Å². The zero-order valence-corrected chi connectivity index (χ0v) is 14.4. The number of nitrogens with zero attached hydrogens (tertiary/aromatic N) is 2. The highest BCUT2D eigenvalue weighted by Crippen LogP contribution is 2.36. The van der Waals surface area contributed by atoms with Crippen LogP contribution >= 0.6 is 15.9 Å². The topological polar surface area (TPSA) is 32.8 Å². The van der Waals surface area contributed by atoms with E-state index in [4.69, 9.17) is 4.74 Å². The van der Waals surface area contributed by atoms with Gasteiger partial charge in [-0.3, -0.25) is 9.69 Å². The van der Waals surface area contributed by atoms with Gasteiger partial charge in [0.2, 0.25) is 5.91 Å². The summed E-state index contributed by atoms with van der Waals surface area (Å²) in [6.45, 7) is 5.64. The minimum Gasteiger partial charge on any atom is -0.379 e. The number of halogens is 1. The van der Waals surface area contributed by atoms with Crippen LogP contribution in [-0.2, 0) is 9.53 Å². The number of morpholine rings is 1. The summed E-state index contributed by atoms with van der Waals surface area (Å²) in [5.41, 5.74) is 0.221. The third kappa shape index (κ3) is 3.45. The van der Waals surface area contributed by atoms with E-state index in [9.17, 15) is 4.79 Å². The van der Waals surface area contributed by atoms with E-state index in [0.717, 1.165) is 51.1 Å². The van der Waals surface area contributed by atoms with Crippen molar-refractivity contribution >= 4 is 21.8 Å². The average molecular weight is 359 g/mol. The highest BCUT2D eigenvalue weighted by Gasteiger charge is 2.42. The van der Waals surface area contributed by atoms with E-state index in [0.29, 0.717) is 11.8 Å². The number of alkyl halides is 1. The lowest BCUT2D eigenvalue weighted by molar-refractivity contribution is -0.131. The number of hydrogen-bond acceptors (Lipinski definition) is 3. The van der Waals surface area contributed by atoms with Gasteiger partial charge in [0.05, 0.1) is 13.2 Å². The number of likely N-dealkylation sites (tertiary alicyclic amines) is 1. The maximum Gasteiger partial charge on any atom is 0.223 e. The Balaban J connectivity index is 1.71. The fraction of sp³-hybridized carbons (Fsp3) is 0.938. The third-order valence-electron chi connectivity index (χ3n) is 5.46. The Labute approximate surface area is 136 Å². The van der Waals surface area contributed by atoms with Crippen molar-refractivity contribution in [1.29, 1.82) is 0 Å². The molecule has 1 unspecified atom stereocenters. The van der Waals surface area contributed by atoms with Crippen molar-refractivity contribution < 1.29 is 9.53 Å². The smallest absolute Gasteiger partial charge is 0.223 e. The summed E-state index contributed by atoms with van der Waals surface area (Å²) in [7, 11) is 0. The molecule has 0 aromatic heterocycles. The van der Waals surface area contributed by atoms with Crippen LogP contribution in [-0.4, -0.2) is 66.0 Å². The summed E-state index contributed by atoms with van der Waals surface area (Å²) >= 11 is 3.54. The molecule has 0 spiro atoms. The summed E-state index contributed by atoms with van der Waals surface area (Å²) < 4.78 is 5.53. The molecule has 5 heteroatoms. The number of rotatable bonds is 4. The predicted molar refractivity (Wildman–Crippen MR) is 86.7 cm³/mol. The molecule has 0 N–H and O–H groups in total. The zero-order chi connectivity index (χ0) is 14.7. The lowest BCUT2D eigenvalue weighted by Crippen LogP contribution is -2.59. The molecule has 3 rings (SSSR count). The highest BCUT2D eigenvalue weighted by atomic mass is 79.9. The number of carbonyl (C=O) groups is 1. The normalized spacial score (nSPS) is 30.8. The number of ether oxygens (including phenoxy) is 1. The van der Waals surface area contributed by atoms with Crippen molar-refractivity contribution in [3.05, 3.63) is 0 Å². The Morgan fingerprint density at radius 1 is 1.19 bits per heavy atom. The van der Waals surface area contributed by atoms with Gasteiger partial charge in [-0.15, -0.1) is 0 Å². The van der Waals surface area contributed by atoms with E-state index in [1.165, 1.54) is 32.1 Å². The maximum atomic E-state index is 12.3. The molecule has 21 heavy (non-hydrogen) atoms. The molecule has 1 amide bonds. The van der Waals surface area contributed by atoms with Crippen molar-refractivity contribution in [2.24, 2.45) is 5.92 Å². The lowest BCUT2D eigenvalue weighted by atomic mass is 9.79. The monoisotopic (exact) mass is 358 g/mol. The van der Waals surface area contributed by atoms with Crippen LogP contribution in [0.15, 0.2) is 0 Å². The molecule has 1 aliphatic carbocycles. The van der Waals surface area contributed by atoms with E-state index in [1.54, 1.807) is 0 Å². The molecule has 3 fully saturated rings. The Morgan fingerprint density at radius 2 is 1.90 bits per heavy atom. The van der Waals surface area contributed by atoms with Gasteiger partial charge in [0.25, 0.3) is 0 Å². The van der Waals surface area contributed by atoms with Crippen molar-refractivity contribution in [3.63, 3.8) is 0 Å². The molecule has 0 aromatic carbocycles. The molecular formula is C16H27BrN2O2. The molecule has 0 radical (unpaired) electrons. The first-order chi connectivity index (χ1) is 10.2. The van der Waals surface area contributed by atoms with Crippen LogP contribution in [0.25, 0.3) is 0 Å². The summed E-state index contributed by atoms with van der Waals surface area (Å²) in [6, 6.07) is 0. The van der Waals surface area contributed by atoms with Crippen LogP contribution in [0, 0.1) is 5.92 Å². The van der Waals surface area contributed by atoms with E-state index in [-0.39, 0.29) is 5.54 Å². The van der Waals surface area contributed by atoms with Crippen molar-refractivity contribution in [3.8, 4) is 0 Å². The molecule has 2 aliphatic heterocycles. The molecule has 4 nitrogen and oxygen atoms in total. The Hall–Kier alpha value is -0.130. The van der Waals surface area contributed by atoms with Gasteiger partial charge in [0.15, 0.2) is 0 Å². The molecule has 1 atom stereocenters. The molecule has 0 bridgehead atoms. The van der Waals surface area contributed by atoms with Crippen molar-refractivity contribution in [1.82, 2.24) is 9.80 Å². The summed E-state index contributed by atoms with van der Waals surface area (Å²) in [5, 5.41) is 0.944.